The van der Waals surface area contributed by atoms with Gasteiger partial charge in [0, 0.05) is 10.2 Å². The van der Waals surface area contributed by atoms with Gasteiger partial charge in [0.05, 0.1) is 15.5 Å². The molecular weight excluding hydrogens is 392 g/mol. The third-order valence-corrected chi connectivity index (χ3v) is 5.12. The van der Waals surface area contributed by atoms with E-state index in [1.165, 1.54) is 31.3 Å². The zero-order valence-corrected chi connectivity index (χ0v) is 14.6. The molecule has 0 saturated carbocycles. The van der Waals surface area contributed by atoms with Crippen LogP contribution in [0.4, 0.5) is 5.69 Å². The van der Waals surface area contributed by atoms with Crippen LogP contribution < -0.4 is 10.0 Å². The maximum Gasteiger partial charge on any atom is 0.257 e. The molecule has 0 radical (unpaired) electrons. The van der Waals surface area contributed by atoms with E-state index in [-0.39, 0.29) is 10.8 Å². The summed E-state index contributed by atoms with van der Waals surface area (Å²) < 4.78 is 26.2. The molecule has 0 saturated heterocycles. The molecule has 2 aromatic carbocycles. The fraction of sp³-hybridized carbons (Fsp3) is 0.0714. The maximum atomic E-state index is 12.2. The van der Waals surface area contributed by atoms with Gasteiger partial charge < -0.3 is 5.32 Å². The minimum absolute atomic E-state index is 0.119. The van der Waals surface area contributed by atoms with Gasteiger partial charge in [-0.25, -0.2) is 13.1 Å². The van der Waals surface area contributed by atoms with Crippen molar-refractivity contribution in [2.24, 2.45) is 0 Å². The molecule has 2 aromatic rings. The van der Waals surface area contributed by atoms with Crippen molar-refractivity contribution in [1.82, 2.24) is 4.72 Å². The molecule has 0 heterocycles. The Morgan fingerprint density at radius 1 is 1.14 bits per heavy atom. The van der Waals surface area contributed by atoms with Crippen molar-refractivity contribution in [2.45, 2.75) is 4.90 Å². The first kappa shape index (κ1) is 17.0. The zero-order valence-electron chi connectivity index (χ0n) is 11.4. The number of amides is 1. The zero-order chi connectivity index (χ0) is 16.3. The second kappa shape index (κ2) is 6.78. The minimum Gasteiger partial charge on any atom is -0.322 e. The summed E-state index contributed by atoms with van der Waals surface area (Å²) in [6.07, 6.45) is 0. The number of hydrogen-bond donors (Lipinski definition) is 2. The average molecular weight is 404 g/mol. The van der Waals surface area contributed by atoms with Crippen LogP contribution in [0, 0.1) is 0 Å². The molecule has 0 aromatic heterocycles. The molecule has 8 heteroatoms. The highest BCUT2D eigenvalue weighted by Crippen LogP contribution is 2.22. The Morgan fingerprint density at radius 3 is 2.36 bits per heavy atom. The summed E-state index contributed by atoms with van der Waals surface area (Å²) in [7, 11) is -2.16. The van der Waals surface area contributed by atoms with Crippen LogP contribution in [0.3, 0.4) is 0 Å². The van der Waals surface area contributed by atoms with Gasteiger partial charge in [0.1, 0.15) is 0 Å². The van der Waals surface area contributed by atoms with Gasteiger partial charge in [-0.1, -0.05) is 27.5 Å². The van der Waals surface area contributed by atoms with E-state index in [4.69, 9.17) is 11.6 Å². The first-order valence-corrected chi connectivity index (χ1v) is 8.79. The van der Waals surface area contributed by atoms with Gasteiger partial charge in [-0.05, 0) is 49.5 Å². The summed E-state index contributed by atoms with van der Waals surface area (Å²) in [5.74, 6) is -0.379. The first-order chi connectivity index (χ1) is 10.3. The van der Waals surface area contributed by atoms with Gasteiger partial charge in [0.2, 0.25) is 10.0 Å². The number of nitrogens with one attached hydrogen (secondary N) is 2. The second-order valence-corrected chi connectivity index (χ2v) is 7.52. The van der Waals surface area contributed by atoms with Crippen molar-refractivity contribution in [3.63, 3.8) is 0 Å². The quantitative estimate of drug-likeness (QED) is 0.823. The molecule has 2 rings (SSSR count). The standard InChI is InChI=1S/C14H12BrClN2O3S/c1-17-22(20,21)11-5-3-10(4-6-11)18-14(19)12-8-9(15)2-7-13(12)16/h2-8,17H,1H3,(H,18,19). The molecule has 0 aliphatic heterocycles. The van der Waals surface area contributed by atoms with Crippen molar-refractivity contribution in [3.8, 4) is 0 Å². The lowest BCUT2D eigenvalue weighted by Crippen LogP contribution is -2.18. The SMILES string of the molecule is CNS(=O)(=O)c1ccc(NC(=O)c2cc(Br)ccc2Cl)cc1. The lowest BCUT2D eigenvalue weighted by molar-refractivity contribution is 0.102. The number of halogens is 2. The van der Waals surface area contributed by atoms with Gasteiger partial charge in [-0.2, -0.15) is 0 Å². The van der Waals surface area contributed by atoms with Crippen LogP contribution in [0.1, 0.15) is 10.4 Å². The fourth-order valence-electron chi connectivity index (χ4n) is 1.71. The summed E-state index contributed by atoms with van der Waals surface area (Å²) in [4.78, 5) is 12.3. The molecular formula is C14H12BrClN2O3S. The Labute approximate surface area is 141 Å². The number of hydrogen-bond acceptors (Lipinski definition) is 3. The molecule has 5 nitrogen and oxygen atoms in total. The number of carbonyl (C=O) groups is 1. The molecule has 1 amide bonds. The smallest absolute Gasteiger partial charge is 0.257 e. The van der Waals surface area contributed by atoms with E-state index in [0.29, 0.717) is 16.3 Å². The van der Waals surface area contributed by atoms with Crippen LogP contribution in [0.25, 0.3) is 0 Å². The number of anilines is 1. The van der Waals surface area contributed by atoms with E-state index in [1.807, 2.05) is 0 Å². The van der Waals surface area contributed by atoms with Gasteiger partial charge in [0.15, 0.2) is 0 Å². The van der Waals surface area contributed by atoms with E-state index in [9.17, 15) is 13.2 Å². The van der Waals surface area contributed by atoms with Gasteiger partial charge in [-0.3, -0.25) is 4.79 Å². The van der Waals surface area contributed by atoms with Crippen molar-refractivity contribution in [1.29, 1.82) is 0 Å². The first-order valence-electron chi connectivity index (χ1n) is 6.13. The number of rotatable bonds is 4. The summed E-state index contributed by atoms with van der Waals surface area (Å²) in [6, 6.07) is 10.8. The molecule has 0 spiro atoms. The summed E-state index contributed by atoms with van der Waals surface area (Å²) in [5, 5.41) is 2.99. The van der Waals surface area contributed by atoms with Crippen LogP contribution in [0.2, 0.25) is 5.02 Å². The van der Waals surface area contributed by atoms with Crippen LogP contribution in [0.5, 0.6) is 0 Å². The average Bonchev–Trinajstić information content (AvgIpc) is 2.50. The van der Waals surface area contributed by atoms with Crippen molar-refractivity contribution >= 4 is 49.1 Å². The third kappa shape index (κ3) is 3.86. The van der Waals surface area contributed by atoms with Gasteiger partial charge in [0.25, 0.3) is 5.91 Å². The highest BCUT2D eigenvalue weighted by molar-refractivity contribution is 9.10. The molecule has 0 aliphatic rings. The van der Waals surface area contributed by atoms with Crippen LogP contribution >= 0.6 is 27.5 Å². The highest BCUT2D eigenvalue weighted by atomic mass is 79.9. The van der Waals surface area contributed by atoms with Crippen molar-refractivity contribution < 1.29 is 13.2 Å². The Morgan fingerprint density at radius 2 is 1.77 bits per heavy atom. The lowest BCUT2D eigenvalue weighted by Gasteiger charge is -2.08. The Kier molecular flexibility index (Phi) is 5.23. The Balaban J connectivity index is 2.21. The van der Waals surface area contributed by atoms with Crippen LogP contribution in [-0.2, 0) is 10.0 Å². The number of sulfonamides is 1. The predicted octanol–water partition coefficient (Wildman–Crippen LogP) is 3.26. The molecule has 22 heavy (non-hydrogen) atoms. The van der Waals surface area contributed by atoms with Crippen molar-refractivity contribution in [2.75, 3.05) is 12.4 Å². The van der Waals surface area contributed by atoms with E-state index in [2.05, 4.69) is 26.0 Å². The lowest BCUT2D eigenvalue weighted by atomic mass is 10.2. The summed E-state index contributed by atoms with van der Waals surface area (Å²) in [5.41, 5.74) is 0.791. The molecule has 0 fully saturated rings. The predicted molar refractivity (Wildman–Crippen MR) is 89.8 cm³/mol. The molecule has 0 aliphatic carbocycles. The number of carbonyl (C=O) groups excluding carboxylic acids is 1. The van der Waals surface area contributed by atoms with Crippen molar-refractivity contribution in [3.05, 3.63) is 57.5 Å². The Hall–Kier alpha value is -1.41. The summed E-state index contributed by atoms with van der Waals surface area (Å²) >= 11 is 9.27. The van der Waals surface area contributed by atoms with E-state index >= 15 is 0 Å². The van der Waals surface area contributed by atoms with Crippen LogP contribution in [0.15, 0.2) is 51.8 Å². The van der Waals surface area contributed by atoms with Gasteiger partial charge in [-0.15, -0.1) is 0 Å². The Bertz CT molecular complexity index is 807. The fourth-order valence-corrected chi connectivity index (χ4v) is 3.00. The molecule has 0 unspecified atom stereocenters. The normalized spacial score (nSPS) is 11.2. The van der Waals surface area contributed by atoms with E-state index in [0.717, 1.165) is 4.47 Å². The minimum atomic E-state index is -3.50. The second-order valence-electron chi connectivity index (χ2n) is 4.31. The molecule has 116 valence electrons. The third-order valence-electron chi connectivity index (χ3n) is 2.86. The van der Waals surface area contributed by atoms with Crippen LogP contribution in [-0.4, -0.2) is 21.4 Å². The van der Waals surface area contributed by atoms with Gasteiger partial charge >= 0.3 is 0 Å². The monoisotopic (exact) mass is 402 g/mol. The molecule has 2 N–H and O–H groups in total. The largest absolute Gasteiger partial charge is 0.322 e. The summed E-state index contributed by atoms with van der Waals surface area (Å²) in [6.45, 7) is 0. The highest BCUT2D eigenvalue weighted by Gasteiger charge is 2.13. The molecule has 0 atom stereocenters. The number of benzene rings is 2. The van der Waals surface area contributed by atoms with E-state index in [1.54, 1.807) is 18.2 Å². The maximum absolute atomic E-state index is 12.2. The topological polar surface area (TPSA) is 75.3 Å². The van der Waals surface area contributed by atoms with E-state index < -0.39 is 10.0 Å². The molecule has 0 bridgehead atoms.